The van der Waals surface area contributed by atoms with E-state index in [1.165, 1.54) is 0 Å². The molecular formula is C37H25N5O. The number of rotatable bonds is 5. The average Bonchev–Trinajstić information content (AvgIpc) is 3.59. The largest absolute Gasteiger partial charge is 0.454 e. The Morgan fingerprint density at radius 2 is 1.44 bits per heavy atom. The van der Waals surface area contributed by atoms with Crippen molar-refractivity contribution in [2.75, 3.05) is 0 Å². The minimum absolute atomic E-state index is 0.501. The van der Waals surface area contributed by atoms with E-state index in [-0.39, 0.29) is 0 Å². The van der Waals surface area contributed by atoms with Crippen molar-refractivity contribution in [1.82, 2.24) is 24.5 Å². The lowest BCUT2D eigenvalue weighted by atomic mass is 10.1. The highest BCUT2D eigenvalue weighted by atomic mass is 16.3. The molecule has 6 heteroatoms. The van der Waals surface area contributed by atoms with Crippen molar-refractivity contribution in [1.29, 1.82) is 0 Å². The summed E-state index contributed by atoms with van der Waals surface area (Å²) < 4.78 is 8.77. The summed E-state index contributed by atoms with van der Waals surface area (Å²) in [6.07, 6.45) is 9.66. The van der Waals surface area contributed by atoms with E-state index in [1.807, 2.05) is 92.0 Å². The molecule has 0 aliphatic rings. The van der Waals surface area contributed by atoms with Crippen LogP contribution in [-0.2, 0) is 0 Å². The number of hydrogen-bond acceptors (Lipinski definition) is 5. The summed E-state index contributed by atoms with van der Waals surface area (Å²) in [5, 5.41) is 5.18. The van der Waals surface area contributed by atoms with Gasteiger partial charge in [0.15, 0.2) is 17.2 Å². The van der Waals surface area contributed by atoms with E-state index in [4.69, 9.17) is 19.4 Å². The molecule has 0 saturated carbocycles. The fraction of sp³-hybridized carbons (Fsp3) is 0.0270. The SMILES string of the molecule is C=Cc1c(/C=C\C)n(-c2nc(-c3ccccc3)nc(-c3ccccc3)n2)c2c1ccc1c3cc4cnccc4cc3oc12. The van der Waals surface area contributed by atoms with E-state index in [9.17, 15) is 0 Å². The molecule has 4 aromatic heterocycles. The van der Waals surface area contributed by atoms with Crippen LogP contribution in [0.1, 0.15) is 18.2 Å². The van der Waals surface area contributed by atoms with E-state index in [2.05, 4.69) is 46.5 Å². The van der Waals surface area contributed by atoms with Gasteiger partial charge in [-0.15, -0.1) is 0 Å². The molecule has 0 unspecified atom stereocenters. The quantitative estimate of drug-likeness (QED) is 0.212. The first-order valence-electron chi connectivity index (χ1n) is 14.1. The number of benzene rings is 4. The van der Waals surface area contributed by atoms with Crippen molar-refractivity contribution in [3.8, 4) is 28.7 Å². The highest BCUT2D eigenvalue weighted by Gasteiger charge is 2.23. The number of furan rings is 1. The standard InChI is InChI=1S/C37H25N5O/c1-3-11-31-27(4-2)28-16-17-29-30-20-26-22-38-19-18-25(26)21-32(30)43-34(29)33(28)42(31)37-40-35(23-12-7-5-8-13-23)39-36(41-37)24-14-9-6-10-15-24/h3-22H,2H2,1H3/b11-3-. The van der Waals surface area contributed by atoms with Crippen LogP contribution in [0.15, 0.2) is 120 Å². The number of nitrogens with zero attached hydrogens (tertiary/aromatic N) is 5. The Balaban J connectivity index is 1.51. The predicted octanol–water partition coefficient (Wildman–Crippen LogP) is 9.27. The molecule has 43 heavy (non-hydrogen) atoms. The molecule has 204 valence electrons. The van der Waals surface area contributed by atoms with Gasteiger partial charge in [-0.1, -0.05) is 85.5 Å². The van der Waals surface area contributed by atoms with E-state index in [1.54, 1.807) is 6.20 Å². The Labute approximate surface area is 247 Å². The van der Waals surface area contributed by atoms with Gasteiger partial charge in [-0.25, -0.2) is 4.98 Å². The number of aromatic nitrogens is 5. The van der Waals surface area contributed by atoms with Crippen molar-refractivity contribution in [3.05, 3.63) is 127 Å². The molecule has 0 aliphatic heterocycles. The first-order chi connectivity index (χ1) is 21.2. The fourth-order valence-electron chi connectivity index (χ4n) is 5.87. The fourth-order valence-corrected chi connectivity index (χ4v) is 5.87. The topological polar surface area (TPSA) is 69.6 Å². The van der Waals surface area contributed by atoms with Gasteiger partial charge in [-0.05, 0) is 42.7 Å². The molecule has 0 bridgehead atoms. The summed E-state index contributed by atoms with van der Waals surface area (Å²) in [6.45, 7) is 6.19. The third kappa shape index (κ3) is 3.95. The summed E-state index contributed by atoms with van der Waals surface area (Å²) in [5.74, 6) is 1.68. The molecule has 0 N–H and O–H groups in total. The normalized spacial score (nSPS) is 11.8. The Hall–Kier alpha value is -5.88. The Morgan fingerprint density at radius 3 is 2.12 bits per heavy atom. The van der Waals surface area contributed by atoms with Crippen LogP contribution >= 0.6 is 0 Å². The second-order valence-corrected chi connectivity index (χ2v) is 10.4. The number of fused-ring (bicyclic) bond motifs is 6. The van der Waals surface area contributed by atoms with Gasteiger partial charge in [0.05, 0.1) is 5.69 Å². The van der Waals surface area contributed by atoms with Gasteiger partial charge in [0.25, 0.3) is 0 Å². The predicted molar refractivity (Wildman–Crippen MR) is 175 cm³/mol. The van der Waals surface area contributed by atoms with Crippen LogP contribution in [0.3, 0.4) is 0 Å². The molecule has 0 fully saturated rings. The molecule has 0 aliphatic carbocycles. The summed E-state index contributed by atoms with van der Waals surface area (Å²) in [7, 11) is 0. The van der Waals surface area contributed by atoms with E-state index >= 15 is 0 Å². The molecule has 8 aromatic rings. The van der Waals surface area contributed by atoms with Crippen LogP contribution in [0, 0.1) is 0 Å². The molecule has 0 radical (unpaired) electrons. The minimum Gasteiger partial charge on any atom is -0.454 e. The van der Waals surface area contributed by atoms with Crippen molar-refractivity contribution >= 4 is 55.8 Å². The van der Waals surface area contributed by atoms with Gasteiger partial charge in [-0.3, -0.25) is 9.55 Å². The zero-order chi connectivity index (χ0) is 28.9. The Kier molecular flexibility index (Phi) is 5.72. The van der Waals surface area contributed by atoms with E-state index in [0.717, 1.165) is 66.0 Å². The van der Waals surface area contributed by atoms with Crippen LogP contribution in [0.25, 0.3) is 84.5 Å². The Morgan fingerprint density at radius 1 is 0.744 bits per heavy atom. The summed E-state index contributed by atoms with van der Waals surface area (Å²) >= 11 is 0. The van der Waals surface area contributed by atoms with Crippen molar-refractivity contribution in [2.45, 2.75) is 6.92 Å². The van der Waals surface area contributed by atoms with Gasteiger partial charge in [0.2, 0.25) is 5.95 Å². The highest BCUT2D eigenvalue weighted by molar-refractivity contribution is 6.18. The van der Waals surface area contributed by atoms with Crippen LogP contribution in [0.4, 0.5) is 0 Å². The summed E-state index contributed by atoms with van der Waals surface area (Å²) in [5.41, 5.74) is 6.16. The first-order valence-corrected chi connectivity index (χ1v) is 14.1. The molecule has 0 saturated heterocycles. The zero-order valence-electron chi connectivity index (χ0n) is 23.4. The van der Waals surface area contributed by atoms with Crippen molar-refractivity contribution in [3.63, 3.8) is 0 Å². The van der Waals surface area contributed by atoms with Gasteiger partial charge in [0, 0.05) is 50.6 Å². The molecule has 4 heterocycles. The summed E-state index contributed by atoms with van der Waals surface area (Å²) in [6, 6.07) is 30.5. The zero-order valence-corrected chi connectivity index (χ0v) is 23.4. The lowest BCUT2D eigenvalue weighted by molar-refractivity contribution is 0.671. The molecule has 0 atom stereocenters. The monoisotopic (exact) mass is 555 g/mol. The van der Waals surface area contributed by atoms with Gasteiger partial charge in [0.1, 0.15) is 11.1 Å². The molecule has 6 nitrogen and oxygen atoms in total. The maximum absolute atomic E-state index is 6.69. The van der Waals surface area contributed by atoms with E-state index < -0.39 is 0 Å². The number of pyridine rings is 1. The number of hydrogen-bond donors (Lipinski definition) is 0. The molecular weight excluding hydrogens is 530 g/mol. The van der Waals surface area contributed by atoms with Gasteiger partial charge < -0.3 is 4.42 Å². The second-order valence-electron chi connectivity index (χ2n) is 10.4. The second kappa shape index (κ2) is 9.89. The molecule has 0 spiro atoms. The maximum atomic E-state index is 6.69. The van der Waals surface area contributed by atoms with Crippen LogP contribution in [0.5, 0.6) is 0 Å². The lowest BCUT2D eigenvalue weighted by Crippen LogP contribution is -2.08. The maximum Gasteiger partial charge on any atom is 0.238 e. The summed E-state index contributed by atoms with van der Waals surface area (Å²) in [4.78, 5) is 19.4. The third-order valence-electron chi connectivity index (χ3n) is 7.82. The third-order valence-corrected chi connectivity index (χ3v) is 7.82. The highest BCUT2D eigenvalue weighted by Crippen LogP contribution is 2.40. The van der Waals surface area contributed by atoms with Crippen LogP contribution in [0.2, 0.25) is 0 Å². The smallest absolute Gasteiger partial charge is 0.238 e. The molecule has 4 aromatic carbocycles. The van der Waals surface area contributed by atoms with E-state index in [0.29, 0.717) is 17.6 Å². The average molecular weight is 556 g/mol. The van der Waals surface area contributed by atoms with Crippen LogP contribution in [-0.4, -0.2) is 24.5 Å². The minimum atomic E-state index is 0.501. The van der Waals surface area contributed by atoms with Crippen molar-refractivity contribution in [2.24, 2.45) is 0 Å². The molecule has 8 rings (SSSR count). The Bertz CT molecular complexity index is 2310. The van der Waals surface area contributed by atoms with Gasteiger partial charge in [-0.2, -0.15) is 9.97 Å². The van der Waals surface area contributed by atoms with Crippen LogP contribution < -0.4 is 0 Å². The number of allylic oxidation sites excluding steroid dienone is 1. The lowest BCUT2D eigenvalue weighted by Gasteiger charge is -2.11. The van der Waals surface area contributed by atoms with Crippen molar-refractivity contribution < 1.29 is 4.42 Å². The molecule has 0 amide bonds. The first kappa shape index (κ1) is 24.9. The van der Waals surface area contributed by atoms with Gasteiger partial charge >= 0.3 is 0 Å².